The summed E-state index contributed by atoms with van der Waals surface area (Å²) in [6, 6.07) is 0. The van der Waals surface area contributed by atoms with E-state index in [2.05, 4.69) is 11.9 Å². The first-order chi connectivity index (χ1) is 6.15. The van der Waals surface area contributed by atoms with Crippen molar-refractivity contribution in [2.45, 2.75) is 6.42 Å². The summed E-state index contributed by atoms with van der Waals surface area (Å²) in [5.74, 6) is 0.318. The molecule has 2 unspecified atom stereocenters. The number of thioether (sulfide) groups is 1. The first kappa shape index (κ1) is 10.9. The third kappa shape index (κ3) is 2.88. The van der Waals surface area contributed by atoms with Crippen LogP contribution in [-0.2, 0) is 4.79 Å². The van der Waals surface area contributed by atoms with Gasteiger partial charge in [-0.25, -0.2) is 0 Å². The van der Waals surface area contributed by atoms with Crippen LogP contribution >= 0.6 is 11.8 Å². The number of likely N-dealkylation sites (tertiary alicyclic amines) is 1. The molecule has 13 heavy (non-hydrogen) atoms. The van der Waals surface area contributed by atoms with Gasteiger partial charge in [-0.2, -0.15) is 11.8 Å². The van der Waals surface area contributed by atoms with Gasteiger partial charge < -0.3 is 10.0 Å². The Morgan fingerprint density at radius 2 is 2.46 bits per heavy atom. The second kappa shape index (κ2) is 4.86. The molecule has 2 atom stereocenters. The summed E-state index contributed by atoms with van der Waals surface area (Å²) in [6.07, 6.45) is 3.00. The van der Waals surface area contributed by atoms with Crippen LogP contribution in [0.1, 0.15) is 6.42 Å². The van der Waals surface area contributed by atoms with Crippen molar-refractivity contribution in [3.05, 3.63) is 0 Å². The number of rotatable bonds is 4. The third-order valence-electron chi connectivity index (χ3n) is 2.66. The summed E-state index contributed by atoms with van der Waals surface area (Å²) < 4.78 is 0. The van der Waals surface area contributed by atoms with Gasteiger partial charge in [-0.3, -0.25) is 4.79 Å². The lowest BCUT2D eigenvalue weighted by Gasteiger charge is -2.18. The molecule has 0 aromatic rings. The van der Waals surface area contributed by atoms with Crippen molar-refractivity contribution in [1.29, 1.82) is 0 Å². The van der Waals surface area contributed by atoms with Gasteiger partial charge in [-0.1, -0.05) is 0 Å². The van der Waals surface area contributed by atoms with E-state index in [9.17, 15) is 4.79 Å². The number of carboxylic acid groups (broad SMARTS) is 1. The Balaban J connectivity index is 2.49. The van der Waals surface area contributed by atoms with Crippen LogP contribution in [0.5, 0.6) is 0 Å². The highest BCUT2D eigenvalue weighted by Gasteiger charge is 2.31. The molecule has 0 amide bonds. The molecule has 0 aromatic heterocycles. The smallest absolute Gasteiger partial charge is 0.307 e. The minimum Gasteiger partial charge on any atom is -0.481 e. The maximum atomic E-state index is 11.0. The molecule has 0 saturated carbocycles. The number of nitrogens with zero attached hydrogens (tertiary/aromatic N) is 1. The Kier molecular flexibility index (Phi) is 4.06. The molecule has 0 aromatic carbocycles. The fourth-order valence-electron chi connectivity index (χ4n) is 1.89. The number of carboxylic acids is 1. The van der Waals surface area contributed by atoms with Crippen LogP contribution in [0.4, 0.5) is 0 Å². The predicted molar refractivity (Wildman–Crippen MR) is 55.1 cm³/mol. The molecule has 1 heterocycles. The van der Waals surface area contributed by atoms with Gasteiger partial charge in [0.1, 0.15) is 0 Å². The summed E-state index contributed by atoms with van der Waals surface area (Å²) in [4.78, 5) is 13.2. The molecule has 0 aliphatic carbocycles. The maximum Gasteiger partial charge on any atom is 0.307 e. The average Bonchev–Trinajstić information content (AvgIpc) is 2.46. The Labute approximate surface area is 83.5 Å². The van der Waals surface area contributed by atoms with Gasteiger partial charge in [0.05, 0.1) is 5.92 Å². The molecule has 0 spiro atoms. The van der Waals surface area contributed by atoms with Crippen molar-refractivity contribution >= 4 is 17.7 Å². The number of aliphatic carboxylic acids is 1. The molecule has 3 nitrogen and oxygen atoms in total. The summed E-state index contributed by atoms with van der Waals surface area (Å²) in [7, 11) is 2.05. The fourth-order valence-corrected chi connectivity index (χ4v) is 2.66. The zero-order valence-electron chi connectivity index (χ0n) is 8.19. The van der Waals surface area contributed by atoms with Gasteiger partial charge in [0, 0.05) is 12.3 Å². The molecule has 1 rings (SSSR count). The Morgan fingerprint density at radius 1 is 1.77 bits per heavy atom. The number of hydrogen-bond donors (Lipinski definition) is 1. The molecule has 1 N–H and O–H groups in total. The SMILES string of the molecule is CSCC(C(=O)O)C1CCN(C)C1. The van der Waals surface area contributed by atoms with E-state index in [1.165, 1.54) is 0 Å². The highest BCUT2D eigenvalue weighted by Crippen LogP contribution is 2.25. The summed E-state index contributed by atoms with van der Waals surface area (Å²) in [5, 5.41) is 9.02. The second-order valence-electron chi connectivity index (χ2n) is 3.71. The normalized spacial score (nSPS) is 26.2. The van der Waals surface area contributed by atoms with Crippen molar-refractivity contribution in [3.63, 3.8) is 0 Å². The van der Waals surface area contributed by atoms with Crippen LogP contribution in [0.25, 0.3) is 0 Å². The molecule has 1 saturated heterocycles. The molecule has 4 heteroatoms. The predicted octanol–water partition coefficient (Wildman–Crippen LogP) is 1.00. The average molecular weight is 203 g/mol. The third-order valence-corrected chi connectivity index (χ3v) is 3.35. The Morgan fingerprint density at radius 3 is 2.85 bits per heavy atom. The monoisotopic (exact) mass is 203 g/mol. The van der Waals surface area contributed by atoms with E-state index in [1.807, 2.05) is 6.26 Å². The van der Waals surface area contributed by atoms with E-state index in [1.54, 1.807) is 11.8 Å². The van der Waals surface area contributed by atoms with E-state index in [4.69, 9.17) is 5.11 Å². The van der Waals surface area contributed by atoms with Gasteiger partial charge in [-0.05, 0) is 32.2 Å². The molecule has 1 aliphatic rings. The van der Waals surface area contributed by atoms with Gasteiger partial charge in [0.2, 0.25) is 0 Å². The molecular weight excluding hydrogens is 186 g/mol. The van der Waals surface area contributed by atoms with Gasteiger partial charge >= 0.3 is 5.97 Å². The topological polar surface area (TPSA) is 40.5 Å². The molecule has 76 valence electrons. The van der Waals surface area contributed by atoms with Crippen molar-refractivity contribution in [2.75, 3.05) is 32.1 Å². The molecular formula is C9H17NO2S. The van der Waals surface area contributed by atoms with Gasteiger partial charge in [0.15, 0.2) is 0 Å². The lowest BCUT2D eigenvalue weighted by molar-refractivity contribution is -0.142. The van der Waals surface area contributed by atoms with Crippen molar-refractivity contribution in [1.82, 2.24) is 4.90 Å². The number of hydrogen-bond acceptors (Lipinski definition) is 3. The fraction of sp³-hybridized carbons (Fsp3) is 0.889. The molecule has 1 aliphatic heterocycles. The highest BCUT2D eigenvalue weighted by atomic mass is 32.2. The van der Waals surface area contributed by atoms with E-state index in [-0.39, 0.29) is 5.92 Å². The minimum absolute atomic E-state index is 0.153. The zero-order valence-corrected chi connectivity index (χ0v) is 9.01. The van der Waals surface area contributed by atoms with Crippen LogP contribution in [0.3, 0.4) is 0 Å². The maximum absolute atomic E-state index is 11.0. The van der Waals surface area contributed by atoms with Crippen molar-refractivity contribution < 1.29 is 9.90 Å². The van der Waals surface area contributed by atoms with Gasteiger partial charge in [-0.15, -0.1) is 0 Å². The van der Waals surface area contributed by atoms with Crippen molar-refractivity contribution in [2.24, 2.45) is 11.8 Å². The number of carbonyl (C=O) groups is 1. The van der Waals surface area contributed by atoms with E-state index in [0.717, 1.165) is 25.3 Å². The molecule has 0 radical (unpaired) electrons. The largest absolute Gasteiger partial charge is 0.481 e. The summed E-state index contributed by atoms with van der Waals surface area (Å²) in [5.41, 5.74) is 0. The molecule has 1 fully saturated rings. The minimum atomic E-state index is -0.630. The second-order valence-corrected chi connectivity index (χ2v) is 4.62. The molecule has 0 bridgehead atoms. The quantitative estimate of drug-likeness (QED) is 0.740. The van der Waals surface area contributed by atoms with Crippen LogP contribution in [0.2, 0.25) is 0 Å². The van der Waals surface area contributed by atoms with Gasteiger partial charge in [0.25, 0.3) is 0 Å². The van der Waals surface area contributed by atoms with Crippen molar-refractivity contribution in [3.8, 4) is 0 Å². The van der Waals surface area contributed by atoms with Crippen LogP contribution in [0.15, 0.2) is 0 Å². The summed E-state index contributed by atoms with van der Waals surface area (Å²) in [6.45, 7) is 1.99. The highest BCUT2D eigenvalue weighted by molar-refractivity contribution is 7.98. The lowest BCUT2D eigenvalue weighted by Crippen LogP contribution is -2.27. The van der Waals surface area contributed by atoms with E-state index >= 15 is 0 Å². The lowest BCUT2D eigenvalue weighted by atomic mass is 9.93. The van der Waals surface area contributed by atoms with Crippen LogP contribution < -0.4 is 0 Å². The van der Waals surface area contributed by atoms with Crippen LogP contribution in [-0.4, -0.2) is 48.1 Å². The van der Waals surface area contributed by atoms with E-state index in [0.29, 0.717) is 5.92 Å². The Hall–Kier alpha value is -0.220. The first-order valence-corrected chi connectivity index (χ1v) is 5.94. The Bertz CT molecular complexity index is 186. The van der Waals surface area contributed by atoms with E-state index < -0.39 is 5.97 Å². The standard InChI is InChI=1S/C9H17NO2S/c1-10-4-3-7(5-10)8(6-13-2)9(11)12/h7-8H,3-6H2,1-2H3,(H,11,12). The van der Waals surface area contributed by atoms with Crippen LogP contribution in [0, 0.1) is 11.8 Å². The zero-order chi connectivity index (χ0) is 9.84. The summed E-state index contributed by atoms with van der Waals surface area (Å²) >= 11 is 1.63. The first-order valence-electron chi connectivity index (χ1n) is 4.55.